The monoisotopic (exact) mass is 297 g/mol. The quantitative estimate of drug-likeness (QED) is 0.719. The zero-order valence-corrected chi connectivity index (χ0v) is 13.0. The number of carbonyl (C=O) groups excluding carboxylic acids is 1. The molecule has 0 aliphatic rings. The second-order valence-electron chi connectivity index (χ2n) is 4.56. The molecule has 0 saturated heterocycles. The molecule has 0 heterocycles. The van der Waals surface area contributed by atoms with Crippen LogP contribution in [0.1, 0.15) is 25.5 Å². The highest BCUT2D eigenvalue weighted by Gasteiger charge is 2.05. The van der Waals surface area contributed by atoms with Gasteiger partial charge in [0.2, 0.25) is 0 Å². The normalized spacial score (nSPS) is 13.6. The maximum Gasteiger partial charge on any atom is 0.319 e. The number of carbonyl (C=O) groups is 1. The van der Waals surface area contributed by atoms with Gasteiger partial charge in [0.05, 0.1) is 0 Å². The number of amides is 2. The molecule has 3 N–H and O–H groups in total. The van der Waals surface area contributed by atoms with E-state index < -0.39 is 10.8 Å². The van der Waals surface area contributed by atoms with Crippen molar-refractivity contribution >= 4 is 22.5 Å². The van der Waals surface area contributed by atoms with Gasteiger partial charge in [0.15, 0.2) is 0 Å². The Kier molecular flexibility index (Phi) is 7.25. The first-order chi connectivity index (χ1) is 9.52. The number of hydrogen-bond donors (Lipinski definition) is 3. The molecule has 0 spiro atoms. The van der Waals surface area contributed by atoms with Crippen molar-refractivity contribution in [2.24, 2.45) is 0 Å². The van der Waals surface area contributed by atoms with Gasteiger partial charge in [-0.15, -0.1) is 0 Å². The van der Waals surface area contributed by atoms with E-state index in [0.717, 1.165) is 12.2 Å². The van der Waals surface area contributed by atoms with Crippen molar-refractivity contribution in [1.29, 1.82) is 0 Å². The average molecular weight is 297 g/mol. The van der Waals surface area contributed by atoms with Crippen molar-refractivity contribution in [2.75, 3.05) is 30.4 Å². The van der Waals surface area contributed by atoms with Gasteiger partial charge in [-0.25, -0.2) is 4.79 Å². The molecule has 2 amide bonds. The fourth-order valence-corrected chi connectivity index (χ4v) is 2.15. The van der Waals surface area contributed by atoms with Crippen molar-refractivity contribution < 1.29 is 9.00 Å². The SMILES string of the molecule is CCNC(C)c1ccc(NC(=O)NCCS(C)=O)cc1. The number of rotatable bonds is 7. The van der Waals surface area contributed by atoms with E-state index in [1.807, 2.05) is 24.3 Å². The molecule has 1 aromatic carbocycles. The molecule has 0 fully saturated rings. The van der Waals surface area contributed by atoms with Crippen LogP contribution in [0.2, 0.25) is 0 Å². The predicted octanol–water partition coefficient (Wildman–Crippen LogP) is 1.86. The minimum absolute atomic E-state index is 0.275. The van der Waals surface area contributed by atoms with Crippen LogP contribution in [0, 0.1) is 0 Å². The molecule has 0 bridgehead atoms. The highest BCUT2D eigenvalue weighted by Crippen LogP contribution is 2.15. The van der Waals surface area contributed by atoms with Crippen LogP contribution in [-0.2, 0) is 10.8 Å². The summed E-state index contributed by atoms with van der Waals surface area (Å²) in [6.45, 7) is 5.50. The van der Waals surface area contributed by atoms with Gasteiger partial charge in [-0.1, -0.05) is 19.1 Å². The second-order valence-corrected chi connectivity index (χ2v) is 6.11. The molecule has 0 aliphatic heterocycles. The van der Waals surface area contributed by atoms with E-state index in [9.17, 15) is 9.00 Å². The predicted molar refractivity (Wildman–Crippen MR) is 84.5 cm³/mol. The Morgan fingerprint density at radius 2 is 1.95 bits per heavy atom. The summed E-state index contributed by atoms with van der Waals surface area (Å²) < 4.78 is 10.9. The van der Waals surface area contributed by atoms with Gasteiger partial charge >= 0.3 is 6.03 Å². The maximum atomic E-state index is 11.6. The van der Waals surface area contributed by atoms with Crippen LogP contribution >= 0.6 is 0 Å². The van der Waals surface area contributed by atoms with Gasteiger partial charge in [-0.2, -0.15) is 0 Å². The fraction of sp³-hybridized carbons (Fsp3) is 0.500. The van der Waals surface area contributed by atoms with E-state index in [1.165, 1.54) is 5.56 Å². The van der Waals surface area contributed by atoms with Crippen molar-refractivity contribution in [3.63, 3.8) is 0 Å². The smallest absolute Gasteiger partial charge is 0.319 e. The van der Waals surface area contributed by atoms with E-state index in [-0.39, 0.29) is 6.03 Å². The number of benzene rings is 1. The number of hydrogen-bond acceptors (Lipinski definition) is 3. The molecule has 0 aliphatic carbocycles. The van der Waals surface area contributed by atoms with E-state index >= 15 is 0 Å². The lowest BCUT2D eigenvalue weighted by molar-refractivity contribution is 0.252. The summed E-state index contributed by atoms with van der Waals surface area (Å²) in [6.07, 6.45) is 1.61. The Hall–Kier alpha value is -1.40. The lowest BCUT2D eigenvalue weighted by atomic mass is 10.1. The Bertz CT molecular complexity index is 448. The van der Waals surface area contributed by atoms with Crippen LogP contribution in [0.4, 0.5) is 10.5 Å². The zero-order valence-electron chi connectivity index (χ0n) is 12.2. The molecule has 0 saturated carbocycles. The molecule has 20 heavy (non-hydrogen) atoms. The topological polar surface area (TPSA) is 70.2 Å². The Morgan fingerprint density at radius 1 is 1.30 bits per heavy atom. The lowest BCUT2D eigenvalue weighted by Gasteiger charge is -2.13. The molecule has 0 radical (unpaired) electrons. The van der Waals surface area contributed by atoms with Gasteiger partial charge < -0.3 is 16.0 Å². The molecule has 2 atom stereocenters. The van der Waals surface area contributed by atoms with Crippen LogP contribution in [0.5, 0.6) is 0 Å². The Labute approximate surface area is 123 Å². The third-order valence-electron chi connectivity index (χ3n) is 2.85. The molecule has 1 rings (SSSR count). The molecular formula is C14H23N3O2S. The van der Waals surface area contributed by atoms with Crippen molar-refractivity contribution in [3.05, 3.63) is 29.8 Å². The Morgan fingerprint density at radius 3 is 2.50 bits per heavy atom. The lowest BCUT2D eigenvalue weighted by Crippen LogP contribution is -2.31. The third-order valence-corrected chi connectivity index (χ3v) is 3.63. The van der Waals surface area contributed by atoms with Gasteiger partial charge in [0, 0.05) is 41.1 Å². The minimum Gasteiger partial charge on any atom is -0.337 e. The summed E-state index contributed by atoms with van der Waals surface area (Å²) in [4.78, 5) is 11.6. The van der Waals surface area contributed by atoms with Crippen LogP contribution in [0.25, 0.3) is 0 Å². The van der Waals surface area contributed by atoms with E-state index in [2.05, 4.69) is 29.8 Å². The van der Waals surface area contributed by atoms with Crippen LogP contribution in [-0.4, -0.2) is 35.3 Å². The van der Waals surface area contributed by atoms with Crippen LogP contribution in [0.3, 0.4) is 0 Å². The van der Waals surface area contributed by atoms with Crippen LogP contribution < -0.4 is 16.0 Å². The number of anilines is 1. The van der Waals surface area contributed by atoms with Crippen molar-refractivity contribution in [2.45, 2.75) is 19.9 Å². The molecule has 2 unspecified atom stereocenters. The van der Waals surface area contributed by atoms with E-state index in [0.29, 0.717) is 18.3 Å². The van der Waals surface area contributed by atoms with Crippen molar-refractivity contribution in [1.82, 2.24) is 10.6 Å². The summed E-state index contributed by atoms with van der Waals surface area (Å²) in [5.41, 5.74) is 1.92. The average Bonchev–Trinajstić information content (AvgIpc) is 2.39. The molecule has 6 heteroatoms. The first-order valence-electron chi connectivity index (χ1n) is 6.71. The summed E-state index contributed by atoms with van der Waals surface area (Å²) in [6, 6.07) is 7.75. The summed E-state index contributed by atoms with van der Waals surface area (Å²) in [5.74, 6) is 0.465. The zero-order chi connectivity index (χ0) is 15.0. The van der Waals surface area contributed by atoms with Gasteiger partial charge in [0.25, 0.3) is 0 Å². The summed E-state index contributed by atoms with van der Waals surface area (Å²) in [5, 5.41) is 8.74. The largest absolute Gasteiger partial charge is 0.337 e. The fourth-order valence-electron chi connectivity index (χ4n) is 1.76. The first-order valence-corrected chi connectivity index (χ1v) is 8.44. The molecular weight excluding hydrogens is 274 g/mol. The van der Waals surface area contributed by atoms with Crippen molar-refractivity contribution in [3.8, 4) is 0 Å². The molecule has 0 aromatic heterocycles. The number of urea groups is 1. The van der Waals surface area contributed by atoms with Gasteiger partial charge in [0.1, 0.15) is 0 Å². The second kappa shape index (κ2) is 8.71. The maximum absolute atomic E-state index is 11.6. The Balaban J connectivity index is 2.44. The summed E-state index contributed by atoms with van der Waals surface area (Å²) >= 11 is 0. The molecule has 1 aromatic rings. The van der Waals surface area contributed by atoms with E-state index in [4.69, 9.17) is 0 Å². The van der Waals surface area contributed by atoms with E-state index in [1.54, 1.807) is 6.26 Å². The standard InChI is InChI=1S/C14H23N3O2S/c1-4-15-11(2)12-5-7-13(8-6-12)17-14(18)16-9-10-20(3)19/h5-8,11,15H,4,9-10H2,1-3H3,(H2,16,17,18). The highest BCUT2D eigenvalue weighted by molar-refractivity contribution is 7.84. The third kappa shape index (κ3) is 6.16. The van der Waals surface area contributed by atoms with Crippen LogP contribution in [0.15, 0.2) is 24.3 Å². The van der Waals surface area contributed by atoms with Gasteiger partial charge in [-0.3, -0.25) is 4.21 Å². The number of nitrogens with one attached hydrogen (secondary N) is 3. The molecule has 112 valence electrons. The first kappa shape index (κ1) is 16.7. The molecule has 5 nitrogen and oxygen atoms in total. The summed E-state index contributed by atoms with van der Waals surface area (Å²) in [7, 11) is -0.888. The van der Waals surface area contributed by atoms with Gasteiger partial charge in [-0.05, 0) is 31.2 Å². The minimum atomic E-state index is -0.888. The highest BCUT2D eigenvalue weighted by atomic mass is 32.2.